The van der Waals surface area contributed by atoms with Gasteiger partial charge in [-0.1, -0.05) is 20.8 Å². The van der Waals surface area contributed by atoms with Crippen LogP contribution >= 0.6 is 0 Å². The number of hydrogen-bond acceptors (Lipinski definition) is 3. The third kappa shape index (κ3) is 2.40. The summed E-state index contributed by atoms with van der Waals surface area (Å²) in [7, 11) is 0. The van der Waals surface area contributed by atoms with Gasteiger partial charge in [-0.15, -0.1) is 0 Å². The molecule has 0 aliphatic rings. The molecule has 78 valence electrons. The standard InChI is InChI=1S/C8H10F3N3/c1-7(2,3)5-12-4-13-6(14-5)8(9,10)11/h4H,1-3H3. The topological polar surface area (TPSA) is 38.7 Å². The lowest BCUT2D eigenvalue weighted by atomic mass is 9.96. The number of nitrogens with zero attached hydrogens (tertiary/aromatic N) is 3. The SMILES string of the molecule is CC(C)(C)c1ncnc(C(F)(F)F)n1. The Morgan fingerprint density at radius 1 is 1.00 bits per heavy atom. The molecule has 0 radical (unpaired) electrons. The van der Waals surface area contributed by atoms with E-state index in [0.717, 1.165) is 6.33 Å². The first-order valence-corrected chi connectivity index (χ1v) is 3.98. The zero-order valence-corrected chi connectivity index (χ0v) is 8.05. The molecule has 6 heteroatoms. The van der Waals surface area contributed by atoms with Crippen LogP contribution in [0.4, 0.5) is 13.2 Å². The first-order chi connectivity index (χ1) is 6.21. The lowest BCUT2D eigenvalue weighted by molar-refractivity contribution is -0.145. The number of halogens is 3. The van der Waals surface area contributed by atoms with E-state index in [0.29, 0.717) is 0 Å². The predicted molar refractivity (Wildman–Crippen MR) is 43.5 cm³/mol. The molecule has 0 saturated carbocycles. The van der Waals surface area contributed by atoms with Crippen LogP contribution in [0.3, 0.4) is 0 Å². The zero-order valence-electron chi connectivity index (χ0n) is 8.05. The van der Waals surface area contributed by atoms with Gasteiger partial charge in [-0.05, 0) is 0 Å². The van der Waals surface area contributed by atoms with Crippen molar-refractivity contribution >= 4 is 0 Å². The molecule has 0 amide bonds. The molecule has 0 spiro atoms. The van der Waals surface area contributed by atoms with E-state index in [-0.39, 0.29) is 5.82 Å². The van der Waals surface area contributed by atoms with Gasteiger partial charge in [0.2, 0.25) is 5.82 Å². The van der Waals surface area contributed by atoms with Crippen molar-refractivity contribution in [1.82, 2.24) is 15.0 Å². The molecule has 1 aromatic heterocycles. The molecule has 0 aliphatic carbocycles. The molecule has 0 atom stereocenters. The van der Waals surface area contributed by atoms with Crippen LogP contribution < -0.4 is 0 Å². The largest absolute Gasteiger partial charge is 0.451 e. The van der Waals surface area contributed by atoms with Crippen LogP contribution in [0.25, 0.3) is 0 Å². The first-order valence-electron chi connectivity index (χ1n) is 3.98. The van der Waals surface area contributed by atoms with Gasteiger partial charge in [0.25, 0.3) is 0 Å². The fourth-order valence-corrected chi connectivity index (χ4v) is 0.794. The fourth-order valence-electron chi connectivity index (χ4n) is 0.794. The summed E-state index contributed by atoms with van der Waals surface area (Å²) in [6.45, 7) is 5.22. The Morgan fingerprint density at radius 3 is 1.93 bits per heavy atom. The Bertz CT molecular complexity index is 298. The summed E-state index contributed by atoms with van der Waals surface area (Å²) >= 11 is 0. The van der Waals surface area contributed by atoms with E-state index in [9.17, 15) is 13.2 Å². The Labute approximate surface area is 79.4 Å². The minimum atomic E-state index is -4.51. The number of rotatable bonds is 0. The third-order valence-electron chi connectivity index (χ3n) is 1.50. The molecule has 0 saturated heterocycles. The Balaban J connectivity index is 3.15. The predicted octanol–water partition coefficient (Wildman–Crippen LogP) is 2.19. The Morgan fingerprint density at radius 2 is 1.50 bits per heavy atom. The highest BCUT2D eigenvalue weighted by atomic mass is 19.4. The zero-order chi connectivity index (χ0) is 11.0. The van der Waals surface area contributed by atoms with Gasteiger partial charge in [0.05, 0.1) is 0 Å². The Hall–Kier alpha value is -1.20. The maximum absolute atomic E-state index is 12.2. The van der Waals surface area contributed by atoms with Gasteiger partial charge < -0.3 is 0 Å². The summed E-state index contributed by atoms with van der Waals surface area (Å²) in [5.41, 5.74) is -0.511. The van der Waals surface area contributed by atoms with Gasteiger partial charge in [0.15, 0.2) is 0 Å². The van der Waals surface area contributed by atoms with Gasteiger partial charge in [-0.25, -0.2) is 15.0 Å². The summed E-state index contributed by atoms with van der Waals surface area (Å²) < 4.78 is 36.6. The number of alkyl halides is 3. The highest BCUT2D eigenvalue weighted by molar-refractivity contribution is 5.03. The molecule has 1 aromatic rings. The van der Waals surface area contributed by atoms with Crippen LogP contribution in [0.5, 0.6) is 0 Å². The van der Waals surface area contributed by atoms with Crippen molar-refractivity contribution in [3.05, 3.63) is 18.0 Å². The molecular weight excluding hydrogens is 195 g/mol. The molecule has 3 nitrogen and oxygen atoms in total. The molecule has 1 heterocycles. The van der Waals surface area contributed by atoms with Crippen LogP contribution in [-0.2, 0) is 11.6 Å². The summed E-state index contributed by atoms with van der Waals surface area (Å²) in [6.07, 6.45) is -3.63. The van der Waals surface area contributed by atoms with Gasteiger partial charge >= 0.3 is 6.18 Å². The number of hydrogen-bond donors (Lipinski definition) is 0. The lowest BCUT2D eigenvalue weighted by Gasteiger charge is -2.16. The molecule has 0 N–H and O–H groups in total. The normalized spacial score (nSPS) is 13.0. The van der Waals surface area contributed by atoms with Crippen molar-refractivity contribution in [3.8, 4) is 0 Å². The first kappa shape index (κ1) is 10.9. The minimum absolute atomic E-state index is 0.139. The molecule has 1 rings (SSSR count). The summed E-state index contributed by atoms with van der Waals surface area (Å²) in [4.78, 5) is 10.1. The quantitative estimate of drug-likeness (QED) is 0.651. The van der Waals surface area contributed by atoms with Gasteiger partial charge in [-0.2, -0.15) is 13.2 Å². The van der Waals surface area contributed by atoms with Crippen molar-refractivity contribution in [3.63, 3.8) is 0 Å². The highest BCUT2D eigenvalue weighted by Gasteiger charge is 2.35. The van der Waals surface area contributed by atoms with Gasteiger partial charge in [-0.3, -0.25) is 0 Å². The fraction of sp³-hybridized carbons (Fsp3) is 0.625. The van der Waals surface area contributed by atoms with Crippen molar-refractivity contribution in [2.45, 2.75) is 32.4 Å². The molecule has 0 aliphatic heterocycles. The second kappa shape index (κ2) is 3.18. The van der Waals surface area contributed by atoms with Gasteiger partial charge in [0.1, 0.15) is 12.2 Å². The summed E-state index contributed by atoms with van der Waals surface area (Å²) in [5.74, 6) is -1.00. The molecule has 14 heavy (non-hydrogen) atoms. The summed E-state index contributed by atoms with van der Waals surface area (Å²) in [5, 5.41) is 0. The smallest absolute Gasteiger partial charge is 0.221 e. The van der Waals surface area contributed by atoms with Crippen molar-refractivity contribution in [2.75, 3.05) is 0 Å². The molecule has 0 aromatic carbocycles. The van der Waals surface area contributed by atoms with E-state index in [1.807, 2.05) is 0 Å². The second-order valence-electron chi connectivity index (χ2n) is 3.88. The monoisotopic (exact) mass is 205 g/mol. The van der Waals surface area contributed by atoms with Crippen LogP contribution in [0.2, 0.25) is 0 Å². The van der Waals surface area contributed by atoms with Crippen molar-refractivity contribution in [2.24, 2.45) is 0 Å². The molecule has 0 fully saturated rings. The maximum atomic E-state index is 12.2. The van der Waals surface area contributed by atoms with E-state index in [1.54, 1.807) is 20.8 Å². The second-order valence-corrected chi connectivity index (χ2v) is 3.88. The number of aromatic nitrogens is 3. The summed E-state index contributed by atoms with van der Waals surface area (Å²) in [6, 6.07) is 0. The molecular formula is C8H10F3N3. The highest BCUT2D eigenvalue weighted by Crippen LogP contribution is 2.27. The van der Waals surface area contributed by atoms with Crippen LogP contribution in [0.15, 0.2) is 6.33 Å². The van der Waals surface area contributed by atoms with E-state index in [4.69, 9.17) is 0 Å². The minimum Gasteiger partial charge on any atom is -0.221 e. The van der Waals surface area contributed by atoms with Crippen molar-refractivity contribution < 1.29 is 13.2 Å². The average Bonchev–Trinajstić information content (AvgIpc) is 2.01. The van der Waals surface area contributed by atoms with E-state index in [1.165, 1.54) is 0 Å². The van der Waals surface area contributed by atoms with Crippen LogP contribution in [-0.4, -0.2) is 15.0 Å². The Kier molecular flexibility index (Phi) is 2.47. The van der Waals surface area contributed by atoms with Crippen LogP contribution in [0.1, 0.15) is 32.4 Å². The van der Waals surface area contributed by atoms with Crippen molar-refractivity contribution in [1.29, 1.82) is 0 Å². The van der Waals surface area contributed by atoms with Crippen LogP contribution in [0, 0.1) is 0 Å². The third-order valence-corrected chi connectivity index (χ3v) is 1.50. The molecule has 0 bridgehead atoms. The maximum Gasteiger partial charge on any atom is 0.451 e. The van der Waals surface area contributed by atoms with E-state index in [2.05, 4.69) is 15.0 Å². The lowest BCUT2D eigenvalue weighted by Crippen LogP contribution is -2.20. The molecule has 0 unspecified atom stereocenters. The van der Waals surface area contributed by atoms with E-state index < -0.39 is 17.4 Å². The van der Waals surface area contributed by atoms with E-state index >= 15 is 0 Å². The average molecular weight is 205 g/mol. The van der Waals surface area contributed by atoms with Gasteiger partial charge in [0, 0.05) is 5.41 Å².